The van der Waals surface area contributed by atoms with E-state index in [0.717, 1.165) is 56.2 Å². The Morgan fingerprint density at radius 2 is 2.00 bits per heavy atom. The Morgan fingerprint density at radius 1 is 1.23 bits per heavy atom. The molecule has 162 valence electrons. The SMILES string of the molecule is CCCCn1c2c(cc(C(=O)NC(C(=O)OC)c3ccsc3)c1=O)CCCCCC2. The lowest BCUT2D eigenvalue weighted by atomic mass is 9.95. The highest BCUT2D eigenvalue weighted by Gasteiger charge is 2.27. The number of amides is 1. The van der Waals surface area contributed by atoms with Crippen molar-refractivity contribution in [1.29, 1.82) is 0 Å². The van der Waals surface area contributed by atoms with Crippen molar-refractivity contribution in [3.05, 3.63) is 55.6 Å². The highest BCUT2D eigenvalue weighted by molar-refractivity contribution is 7.08. The Bertz CT molecular complexity index is 933. The van der Waals surface area contributed by atoms with Crippen LogP contribution in [0.15, 0.2) is 27.7 Å². The topological polar surface area (TPSA) is 77.4 Å². The number of unbranched alkanes of at least 4 members (excludes halogenated alkanes) is 1. The molecule has 2 aromatic heterocycles. The first-order valence-corrected chi connectivity index (χ1v) is 11.7. The Kier molecular flexibility index (Phi) is 7.85. The molecule has 7 heteroatoms. The summed E-state index contributed by atoms with van der Waals surface area (Å²) in [7, 11) is 1.29. The molecule has 2 aromatic rings. The van der Waals surface area contributed by atoms with Crippen molar-refractivity contribution < 1.29 is 14.3 Å². The van der Waals surface area contributed by atoms with Crippen molar-refractivity contribution in [2.24, 2.45) is 0 Å². The number of nitrogens with one attached hydrogen (secondary N) is 1. The zero-order chi connectivity index (χ0) is 21.5. The van der Waals surface area contributed by atoms with Crippen molar-refractivity contribution in [3.8, 4) is 0 Å². The number of fused-ring (bicyclic) bond motifs is 1. The van der Waals surface area contributed by atoms with Crippen molar-refractivity contribution in [3.63, 3.8) is 0 Å². The van der Waals surface area contributed by atoms with Crippen LogP contribution >= 0.6 is 11.3 Å². The summed E-state index contributed by atoms with van der Waals surface area (Å²) in [5, 5.41) is 6.35. The van der Waals surface area contributed by atoms with Gasteiger partial charge in [0.1, 0.15) is 5.56 Å². The molecule has 0 spiro atoms. The predicted molar refractivity (Wildman–Crippen MR) is 118 cm³/mol. The van der Waals surface area contributed by atoms with E-state index < -0.39 is 17.9 Å². The van der Waals surface area contributed by atoms with Crippen LogP contribution in [0.5, 0.6) is 0 Å². The van der Waals surface area contributed by atoms with Crippen LogP contribution in [-0.2, 0) is 28.9 Å². The number of esters is 1. The molecule has 0 bridgehead atoms. The molecule has 0 aliphatic heterocycles. The molecule has 2 heterocycles. The van der Waals surface area contributed by atoms with Crippen LogP contribution in [0.25, 0.3) is 0 Å². The monoisotopic (exact) mass is 430 g/mol. The van der Waals surface area contributed by atoms with Crippen LogP contribution in [0.2, 0.25) is 0 Å². The van der Waals surface area contributed by atoms with E-state index in [9.17, 15) is 14.4 Å². The van der Waals surface area contributed by atoms with E-state index in [-0.39, 0.29) is 11.1 Å². The van der Waals surface area contributed by atoms with E-state index in [1.807, 2.05) is 5.38 Å². The van der Waals surface area contributed by atoms with Crippen molar-refractivity contribution in [2.75, 3.05) is 7.11 Å². The fourth-order valence-corrected chi connectivity index (χ4v) is 4.68. The van der Waals surface area contributed by atoms with E-state index in [1.165, 1.54) is 24.9 Å². The fraction of sp³-hybridized carbons (Fsp3) is 0.522. The summed E-state index contributed by atoms with van der Waals surface area (Å²) < 4.78 is 6.67. The number of carbonyl (C=O) groups excluding carboxylic acids is 2. The van der Waals surface area contributed by atoms with Gasteiger partial charge in [0.2, 0.25) is 0 Å². The molecular weight excluding hydrogens is 400 g/mol. The van der Waals surface area contributed by atoms with Crippen LogP contribution in [0.3, 0.4) is 0 Å². The zero-order valence-corrected chi connectivity index (χ0v) is 18.6. The molecule has 1 amide bonds. The molecular formula is C23H30N2O4S. The maximum Gasteiger partial charge on any atom is 0.333 e. The van der Waals surface area contributed by atoms with Gasteiger partial charge in [-0.25, -0.2) is 4.79 Å². The lowest BCUT2D eigenvalue weighted by Gasteiger charge is -2.22. The normalized spacial score (nSPS) is 14.9. The second-order valence-electron chi connectivity index (χ2n) is 7.74. The molecule has 1 atom stereocenters. The standard InChI is InChI=1S/C23H30N2O4S/c1-3-4-12-25-19-10-8-6-5-7-9-16(19)14-18(22(25)27)21(26)24-20(23(28)29-2)17-11-13-30-15-17/h11,13-15,20H,3-10,12H2,1-2H3,(H,24,26). The number of nitrogens with zero attached hydrogens (tertiary/aromatic N) is 1. The first-order valence-electron chi connectivity index (χ1n) is 10.7. The summed E-state index contributed by atoms with van der Waals surface area (Å²) in [6.07, 6.45) is 8.05. The summed E-state index contributed by atoms with van der Waals surface area (Å²) in [6.45, 7) is 2.71. The third-order valence-electron chi connectivity index (χ3n) is 5.67. The Hall–Kier alpha value is -2.41. The quantitative estimate of drug-likeness (QED) is 0.673. The maximum atomic E-state index is 13.3. The highest BCUT2D eigenvalue weighted by atomic mass is 32.1. The van der Waals surface area contributed by atoms with E-state index in [0.29, 0.717) is 12.1 Å². The van der Waals surface area contributed by atoms with Gasteiger partial charge in [-0.2, -0.15) is 11.3 Å². The summed E-state index contributed by atoms with van der Waals surface area (Å²) in [5.74, 6) is -1.09. The van der Waals surface area contributed by atoms with Gasteiger partial charge in [0.15, 0.2) is 6.04 Å². The molecule has 0 fully saturated rings. The van der Waals surface area contributed by atoms with Crippen LogP contribution in [0.1, 0.15) is 78.7 Å². The average Bonchev–Trinajstić information content (AvgIpc) is 3.26. The molecule has 6 nitrogen and oxygen atoms in total. The lowest BCUT2D eigenvalue weighted by molar-refractivity contribution is -0.143. The van der Waals surface area contributed by atoms with E-state index >= 15 is 0 Å². The Labute approximate surface area is 181 Å². The second-order valence-corrected chi connectivity index (χ2v) is 8.52. The second kappa shape index (κ2) is 10.6. The first kappa shape index (κ1) is 22.3. The highest BCUT2D eigenvalue weighted by Crippen LogP contribution is 2.22. The van der Waals surface area contributed by atoms with E-state index in [1.54, 1.807) is 22.1 Å². The third-order valence-corrected chi connectivity index (χ3v) is 6.37. The minimum Gasteiger partial charge on any atom is -0.467 e. The number of rotatable bonds is 7. The van der Waals surface area contributed by atoms with Gasteiger partial charge in [-0.3, -0.25) is 9.59 Å². The maximum absolute atomic E-state index is 13.3. The van der Waals surface area contributed by atoms with Gasteiger partial charge in [0.25, 0.3) is 11.5 Å². The summed E-state index contributed by atoms with van der Waals surface area (Å²) in [6, 6.07) is 2.59. The molecule has 0 radical (unpaired) electrons. The number of aryl methyl sites for hydroxylation is 1. The van der Waals surface area contributed by atoms with Gasteiger partial charge in [-0.15, -0.1) is 0 Å². The summed E-state index contributed by atoms with van der Waals surface area (Å²) in [4.78, 5) is 38.7. The van der Waals surface area contributed by atoms with E-state index in [4.69, 9.17) is 4.74 Å². The smallest absolute Gasteiger partial charge is 0.333 e. The van der Waals surface area contributed by atoms with Gasteiger partial charge in [-0.1, -0.05) is 26.2 Å². The van der Waals surface area contributed by atoms with Crippen molar-refractivity contribution in [1.82, 2.24) is 9.88 Å². The van der Waals surface area contributed by atoms with Gasteiger partial charge in [0, 0.05) is 12.2 Å². The predicted octanol–water partition coefficient (Wildman–Crippen LogP) is 4.01. The van der Waals surface area contributed by atoms with E-state index in [2.05, 4.69) is 12.2 Å². The number of pyridine rings is 1. The van der Waals surface area contributed by atoms with Crippen LogP contribution in [-0.4, -0.2) is 23.6 Å². The van der Waals surface area contributed by atoms with Crippen LogP contribution < -0.4 is 10.9 Å². The third kappa shape index (κ3) is 5.01. The minimum absolute atomic E-state index is 0.106. The Balaban J connectivity index is 1.99. The minimum atomic E-state index is -0.931. The number of ether oxygens (including phenoxy) is 1. The average molecular weight is 431 g/mol. The Morgan fingerprint density at radius 3 is 2.67 bits per heavy atom. The molecule has 3 rings (SSSR count). The van der Waals surface area contributed by atoms with Gasteiger partial charge in [-0.05, 0) is 66.1 Å². The number of aromatic nitrogens is 1. The van der Waals surface area contributed by atoms with Crippen molar-refractivity contribution in [2.45, 2.75) is 70.9 Å². The van der Waals surface area contributed by atoms with Crippen LogP contribution in [0, 0.1) is 0 Å². The first-order chi connectivity index (χ1) is 14.6. The molecule has 0 saturated heterocycles. The molecule has 1 aliphatic rings. The van der Waals surface area contributed by atoms with Gasteiger partial charge >= 0.3 is 5.97 Å². The van der Waals surface area contributed by atoms with Gasteiger partial charge in [0.05, 0.1) is 7.11 Å². The number of hydrogen-bond donors (Lipinski definition) is 1. The largest absolute Gasteiger partial charge is 0.467 e. The number of methoxy groups -OCH3 is 1. The van der Waals surface area contributed by atoms with Crippen molar-refractivity contribution >= 4 is 23.2 Å². The lowest BCUT2D eigenvalue weighted by Crippen LogP contribution is -2.39. The zero-order valence-electron chi connectivity index (χ0n) is 17.7. The molecule has 1 N–H and O–H groups in total. The molecule has 30 heavy (non-hydrogen) atoms. The number of thiophene rings is 1. The summed E-state index contributed by atoms with van der Waals surface area (Å²) >= 11 is 1.43. The summed E-state index contributed by atoms with van der Waals surface area (Å²) in [5.41, 5.74) is 2.65. The molecule has 1 aliphatic carbocycles. The van der Waals surface area contributed by atoms with Crippen LogP contribution in [0.4, 0.5) is 0 Å². The number of hydrogen-bond acceptors (Lipinski definition) is 5. The number of carbonyl (C=O) groups is 2. The fourth-order valence-electron chi connectivity index (χ4n) is 3.99. The molecule has 0 aromatic carbocycles. The molecule has 0 saturated carbocycles. The van der Waals surface area contributed by atoms with Gasteiger partial charge < -0.3 is 14.6 Å². The molecule has 1 unspecified atom stereocenters.